The first-order chi connectivity index (χ1) is 5.79. The van der Waals surface area contributed by atoms with Gasteiger partial charge < -0.3 is 4.74 Å². The first kappa shape index (κ1) is 7.11. The van der Waals surface area contributed by atoms with E-state index in [2.05, 4.69) is 0 Å². The maximum absolute atomic E-state index is 12.7. The minimum Gasteiger partial charge on any atom is -0.475 e. The normalized spacial score (nSPS) is 19.5. The maximum Gasteiger partial charge on any atom is 0.188 e. The van der Waals surface area contributed by atoms with Crippen molar-refractivity contribution in [1.29, 1.82) is 5.26 Å². The van der Waals surface area contributed by atoms with E-state index in [-0.39, 0.29) is 5.82 Å². The Balaban J connectivity index is 2.37. The summed E-state index contributed by atoms with van der Waals surface area (Å²) in [5.41, 5.74) is 0.779. The highest BCUT2D eigenvalue weighted by molar-refractivity contribution is 5.39. The van der Waals surface area contributed by atoms with Crippen molar-refractivity contribution >= 4 is 0 Å². The zero-order chi connectivity index (χ0) is 8.55. The van der Waals surface area contributed by atoms with Crippen LogP contribution >= 0.6 is 0 Å². The van der Waals surface area contributed by atoms with Gasteiger partial charge in [-0.1, -0.05) is 0 Å². The van der Waals surface area contributed by atoms with Crippen LogP contribution in [0.5, 0.6) is 5.75 Å². The molecule has 0 aromatic heterocycles. The molecule has 12 heavy (non-hydrogen) atoms. The van der Waals surface area contributed by atoms with Gasteiger partial charge in [0, 0.05) is 12.0 Å². The van der Waals surface area contributed by atoms with Crippen LogP contribution in [0.25, 0.3) is 0 Å². The molecule has 1 aromatic rings. The lowest BCUT2D eigenvalue weighted by Gasteiger charge is -1.98. The van der Waals surface area contributed by atoms with E-state index in [1.54, 1.807) is 6.07 Å². The average molecular weight is 163 g/mol. The monoisotopic (exact) mass is 163 g/mol. The number of ether oxygens (including phenoxy) is 1. The molecular formula is C9H6FNO. The van der Waals surface area contributed by atoms with Crippen LogP contribution in [-0.2, 0) is 6.42 Å². The summed E-state index contributed by atoms with van der Waals surface area (Å²) in [6, 6.07) is 6.28. The van der Waals surface area contributed by atoms with Gasteiger partial charge in [0.05, 0.1) is 0 Å². The van der Waals surface area contributed by atoms with E-state index in [9.17, 15) is 4.39 Å². The zero-order valence-electron chi connectivity index (χ0n) is 6.25. The average Bonchev–Trinajstić information content (AvgIpc) is 2.46. The third kappa shape index (κ3) is 1.02. The van der Waals surface area contributed by atoms with Gasteiger partial charge in [-0.15, -0.1) is 0 Å². The van der Waals surface area contributed by atoms with Crippen LogP contribution in [0, 0.1) is 17.1 Å². The van der Waals surface area contributed by atoms with Gasteiger partial charge >= 0.3 is 0 Å². The lowest BCUT2D eigenvalue weighted by atomic mass is 10.1. The predicted octanol–water partition coefficient (Wildman–Crippen LogP) is 1.65. The molecule has 1 aromatic carbocycles. The Labute approximate surface area is 69.2 Å². The summed E-state index contributed by atoms with van der Waals surface area (Å²) in [5, 5.41) is 8.54. The second-order valence-corrected chi connectivity index (χ2v) is 2.69. The van der Waals surface area contributed by atoms with Crippen LogP contribution < -0.4 is 4.74 Å². The van der Waals surface area contributed by atoms with Gasteiger partial charge in [-0.25, -0.2) is 4.39 Å². The third-order valence-electron chi connectivity index (χ3n) is 1.84. The summed E-state index contributed by atoms with van der Waals surface area (Å²) in [7, 11) is 0. The summed E-state index contributed by atoms with van der Waals surface area (Å²) in [4.78, 5) is 0. The van der Waals surface area contributed by atoms with E-state index in [0.29, 0.717) is 12.2 Å². The van der Waals surface area contributed by atoms with Crippen LogP contribution in [0.2, 0.25) is 0 Å². The van der Waals surface area contributed by atoms with E-state index in [1.165, 1.54) is 12.1 Å². The molecular weight excluding hydrogens is 157 g/mol. The second-order valence-electron chi connectivity index (χ2n) is 2.69. The van der Waals surface area contributed by atoms with Crippen molar-refractivity contribution < 1.29 is 9.13 Å². The van der Waals surface area contributed by atoms with Gasteiger partial charge in [0.25, 0.3) is 0 Å². The van der Waals surface area contributed by atoms with Gasteiger partial charge in [-0.3, -0.25) is 0 Å². The molecule has 2 rings (SSSR count). The molecule has 2 nitrogen and oxygen atoms in total. The predicted molar refractivity (Wildman–Crippen MR) is 40.1 cm³/mol. The summed E-state index contributed by atoms with van der Waals surface area (Å²) >= 11 is 0. The zero-order valence-corrected chi connectivity index (χ0v) is 6.25. The molecule has 0 saturated heterocycles. The standard InChI is InChI=1S/C9H6FNO/c10-7-1-2-9-6(3-7)4-8(5-11)12-9/h1-3,8H,4H2. The number of halogens is 1. The number of hydrogen-bond donors (Lipinski definition) is 0. The van der Waals surface area contributed by atoms with Crippen molar-refractivity contribution in [3.8, 4) is 11.8 Å². The Morgan fingerprint density at radius 1 is 1.58 bits per heavy atom. The van der Waals surface area contributed by atoms with Crippen LogP contribution in [-0.4, -0.2) is 6.10 Å². The summed E-state index contributed by atoms with van der Waals surface area (Å²) in [6.45, 7) is 0. The van der Waals surface area contributed by atoms with E-state index in [0.717, 1.165) is 5.56 Å². The lowest BCUT2D eigenvalue weighted by Crippen LogP contribution is -2.08. The SMILES string of the molecule is N#CC1Cc2cc(F)ccc2O1. The van der Waals surface area contributed by atoms with Crippen LogP contribution in [0.4, 0.5) is 4.39 Å². The minimum absolute atomic E-state index is 0.282. The fraction of sp³-hybridized carbons (Fsp3) is 0.222. The molecule has 0 spiro atoms. The summed E-state index contributed by atoms with van der Waals surface area (Å²) in [5.74, 6) is 0.346. The second kappa shape index (κ2) is 2.49. The van der Waals surface area contributed by atoms with Crippen LogP contribution in [0.3, 0.4) is 0 Å². The van der Waals surface area contributed by atoms with E-state index < -0.39 is 6.10 Å². The first-order valence-corrected chi connectivity index (χ1v) is 3.64. The molecule has 0 aliphatic carbocycles. The molecule has 60 valence electrons. The maximum atomic E-state index is 12.7. The molecule has 0 fully saturated rings. The largest absolute Gasteiger partial charge is 0.475 e. The summed E-state index contributed by atoms with van der Waals surface area (Å²) in [6.07, 6.45) is 0.0469. The molecule has 1 aliphatic heterocycles. The third-order valence-corrected chi connectivity index (χ3v) is 1.84. The molecule has 1 aliphatic rings. The van der Waals surface area contributed by atoms with E-state index in [1.807, 2.05) is 6.07 Å². The molecule has 3 heteroatoms. The highest BCUT2D eigenvalue weighted by Gasteiger charge is 2.22. The number of hydrogen-bond acceptors (Lipinski definition) is 2. The number of nitrogens with zero attached hydrogens (tertiary/aromatic N) is 1. The Morgan fingerprint density at radius 3 is 3.17 bits per heavy atom. The minimum atomic E-state index is -0.443. The van der Waals surface area contributed by atoms with Crippen molar-refractivity contribution in [3.63, 3.8) is 0 Å². The number of benzene rings is 1. The van der Waals surface area contributed by atoms with E-state index >= 15 is 0 Å². The van der Waals surface area contributed by atoms with Crippen molar-refractivity contribution in [2.75, 3.05) is 0 Å². The van der Waals surface area contributed by atoms with Crippen LogP contribution in [0.15, 0.2) is 18.2 Å². The fourth-order valence-electron chi connectivity index (χ4n) is 1.29. The molecule has 0 saturated carbocycles. The molecule has 0 bridgehead atoms. The van der Waals surface area contributed by atoms with Crippen molar-refractivity contribution in [1.82, 2.24) is 0 Å². The molecule has 1 unspecified atom stereocenters. The van der Waals surface area contributed by atoms with Gasteiger partial charge in [0.1, 0.15) is 17.6 Å². The molecule has 0 radical (unpaired) electrons. The molecule has 0 amide bonds. The number of fused-ring (bicyclic) bond motifs is 1. The van der Waals surface area contributed by atoms with Crippen LogP contribution in [0.1, 0.15) is 5.56 Å². The van der Waals surface area contributed by atoms with Gasteiger partial charge in [-0.05, 0) is 18.2 Å². The Morgan fingerprint density at radius 2 is 2.42 bits per heavy atom. The lowest BCUT2D eigenvalue weighted by molar-refractivity contribution is 0.290. The quantitative estimate of drug-likeness (QED) is 0.582. The Kier molecular flexibility index (Phi) is 1.47. The topological polar surface area (TPSA) is 33.0 Å². The molecule has 0 N–H and O–H groups in total. The van der Waals surface area contributed by atoms with Crippen molar-refractivity contribution in [3.05, 3.63) is 29.6 Å². The van der Waals surface area contributed by atoms with Crippen molar-refractivity contribution in [2.45, 2.75) is 12.5 Å². The number of nitriles is 1. The van der Waals surface area contributed by atoms with Gasteiger partial charge in [-0.2, -0.15) is 5.26 Å². The Hall–Kier alpha value is -1.56. The smallest absolute Gasteiger partial charge is 0.188 e. The Bertz CT molecular complexity index is 356. The van der Waals surface area contributed by atoms with Crippen molar-refractivity contribution in [2.24, 2.45) is 0 Å². The number of rotatable bonds is 0. The fourth-order valence-corrected chi connectivity index (χ4v) is 1.29. The van der Waals surface area contributed by atoms with E-state index in [4.69, 9.17) is 10.00 Å². The highest BCUT2D eigenvalue weighted by Crippen LogP contribution is 2.28. The van der Waals surface area contributed by atoms with Gasteiger partial charge in [0.15, 0.2) is 6.10 Å². The van der Waals surface area contributed by atoms with Gasteiger partial charge in [0.2, 0.25) is 0 Å². The molecule has 1 heterocycles. The summed E-state index contributed by atoms with van der Waals surface area (Å²) < 4.78 is 17.8. The first-order valence-electron chi connectivity index (χ1n) is 3.64. The molecule has 1 atom stereocenters. The highest BCUT2D eigenvalue weighted by atomic mass is 19.1.